The number of hydrogen-bond acceptors (Lipinski definition) is 4. The quantitative estimate of drug-likeness (QED) is 0.790. The standard InChI is InChI=1S/C19H25N3O4/c1-12(2)13-3-6-15(16(23)11-13)18(25)21-7-9-22(10-8-21)19(26)17(24)20-14-4-5-14/h3,6,11-12,14,23H,4-5,7-10H2,1-2H3,(H,20,24). The molecule has 7 heteroatoms. The number of phenolic OH excluding ortho intramolecular Hbond substituents is 1. The SMILES string of the molecule is CC(C)c1ccc(C(=O)N2CCN(C(=O)C(=O)NC3CC3)CC2)c(O)c1. The Labute approximate surface area is 153 Å². The first-order valence-corrected chi connectivity index (χ1v) is 9.08. The Hall–Kier alpha value is -2.57. The summed E-state index contributed by atoms with van der Waals surface area (Å²) in [5.41, 5.74) is 1.23. The highest BCUT2D eigenvalue weighted by molar-refractivity contribution is 6.35. The van der Waals surface area contributed by atoms with Crippen molar-refractivity contribution in [3.8, 4) is 5.75 Å². The zero-order valence-electron chi connectivity index (χ0n) is 15.2. The zero-order valence-corrected chi connectivity index (χ0v) is 15.2. The van der Waals surface area contributed by atoms with E-state index < -0.39 is 11.8 Å². The van der Waals surface area contributed by atoms with Crippen LogP contribution in [0.4, 0.5) is 0 Å². The molecule has 1 aliphatic heterocycles. The predicted molar refractivity (Wildman–Crippen MR) is 95.8 cm³/mol. The number of carbonyl (C=O) groups excluding carboxylic acids is 3. The van der Waals surface area contributed by atoms with Crippen molar-refractivity contribution < 1.29 is 19.5 Å². The van der Waals surface area contributed by atoms with Crippen LogP contribution in [0.25, 0.3) is 0 Å². The van der Waals surface area contributed by atoms with Gasteiger partial charge in [-0.05, 0) is 36.5 Å². The molecule has 0 radical (unpaired) electrons. The van der Waals surface area contributed by atoms with E-state index in [2.05, 4.69) is 5.32 Å². The van der Waals surface area contributed by atoms with Gasteiger partial charge < -0.3 is 20.2 Å². The number of amides is 3. The molecule has 0 bridgehead atoms. The molecule has 2 N–H and O–H groups in total. The third-order valence-corrected chi connectivity index (χ3v) is 4.88. The number of aromatic hydroxyl groups is 1. The molecule has 0 spiro atoms. The highest BCUT2D eigenvalue weighted by Crippen LogP contribution is 2.25. The van der Waals surface area contributed by atoms with Gasteiger partial charge in [-0.3, -0.25) is 14.4 Å². The minimum Gasteiger partial charge on any atom is -0.507 e. The maximum atomic E-state index is 12.6. The Kier molecular flexibility index (Phi) is 5.15. The number of nitrogens with one attached hydrogen (secondary N) is 1. The lowest BCUT2D eigenvalue weighted by Gasteiger charge is -2.34. The zero-order chi connectivity index (χ0) is 18.8. The van der Waals surface area contributed by atoms with E-state index in [9.17, 15) is 19.5 Å². The van der Waals surface area contributed by atoms with Gasteiger partial charge in [0.1, 0.15) is 5.75 Å². The van der Waals surface area contributed by atoms with Crippen LogP contribution in [0.1, 0.15) is 48.5 Å². The fraction of sp³-hybridized carbons (Fsp3) is 0.526. The molecular formula is C19H25N3O4. The highest BCUT2D eigenvalue weighted by atomic mass is 16.3. The number of benzene rings is 1. The Balaban J connectivity index is 1.58. The first-order chi connectivity index (χ1) is 12.4. The van der Waals surface area contributed by atoms with Crippen molar-refractivity contribution in [2.75, 3.05) is 26.2 Å². The number of hydrogen-bond donors (Lipinski definition) is 2. The van der Waals surface area contributed by atoms with E-state index in [0.717, 1.165) is 18.4 Å². The number of rotatable bonds is 3. The second-order valence-corrected chi connectivity index (χ2v) is 7.26. The van der Waals surface area contributed by atoms with Crippen LogP contribution in [-0.4, -0.2) is 64.8 Å². The molecule has 0 atom stereocenters. The Bertz CT molecular complexity index is 719. The molecule has 1 aromatic carbocycles. The third kappa shape index (κ3) is 3.98. The van der Waals surface area contributed by atoms with Gasteiger partial charge in [-0.2, -0.15) is 0 Å². The molecular weight excluding hydrogens is 334 g/mol. The van der Waals surface area contributed by atoms with Gasteiger partial charge in [0.05, 0.1) is 5.56 Å². The number of nitrogens with zero attached hydrogens (tertiary/aromatic N) is 2. The monoisotopic (exact) mass is 359 g/mol. The van der Waals surface area contributed by atoms with Crippen molar-refractivity contribution in [3.05, 3.63) is 29.3 Å². The maximum Gasteiger partial charge on any atom is 0.312 e. The lowest BCUT2D eigenvalue weighted by molar-refractivity contribution is -0.146. The Morgan fingerprint density at radius 3 is 2.23 bits per heavy atom. The highest BCUT2D eigenvalue weighted by Gasteiger charge is 2.32. The first kappa shape index (κ1) is 18.2. The second-order valence-electron chi connectivity index (χ2n) is 7.26. The fourth-order valence-corrected chi connectivity index (χ4v) is 2.99. The molecule has 0 aromatic heterocycles. The van der Waals surface area contributed by atoms with Crippen molar-refractivity contribution in [2.24, 2.45) is 0 Å². The number of carbonyl (C=O) groups is 3. The molecule has 1 saturated carbocycles. The lowest BCUT2D eigenvalue weighted by Crippen LogP contribution is -2.54. The molecule has 2 aliphatic rings. The van der Waals surface area contributed by atoms with Crippen LogP contribution in [0.5, 0.6) is 5.75 Å². The molecule has 3 amide bonds. The summed E-state index contributed by atoms with van der Waals surface area (Å²) < 4.78 is 0. The molecule has 3 rings (SSSR count). The van der Waals surface area contributed by atoms with Crippen molar-refractivity contribution in [1.29, 1.82) is 0 Å². The van der Waals surface area contributed by atoms with Gasteiger partial charge in [0, 0.05) is 32.2 Å². The van der Waals surface area contributed by atoms with E-state index in [-0.39, 0.29) is 29.2 Å². The van der Waals surface area contributed by atoms with Gasteiger partial charge in [0.2, 0.25) is 0 Å². The van der Waals surface area contributed by atoms with E-state index in [1.807, 2.05) is 19.9 Å². The molecule has 1 heterocycles. The van der Waals surface area contributed by atoms with Crippen LogP contribution in [0, 0.1) is 0 Å². The van der Waals surface area contributed by atoms with Gasteiger partial charge in [0.15, 0.2) is 0 Å². The summed E-state index contributed by atoms with van der Waals surface area (Å²) in [7, 11) is 0. The number of piperazine rings is 1. The van der Waals surface area contributed by atoms with Gasteiger partial charge in [0.25, 0.3) is 5.91 Å². The van der Waals surface area contributed by atoms with Crippen LogP contribution in [0.3, 0.4) is 0 Å². The predicted octanol–water partition coefficient (Wildman–Crippen LogP) is 1.08. The molecule has 26 heavy (non-hydrogen) atoms. The molecule has 1 saturated heterocycles. The minimum absolute atomic E-state index is 0.0245. The van der Waals surface area contributed by atoms with E-state index in [1.54, 1.807) is 17.0 Å². The van der Waals surface area contributed by atoms with Gasteiger partial charge in [-0.1, -0.05) is 19.9 Å². The van der Waals surface area contributed by atoms with Gasteiger partial charge in [-0.15, -0.1) is 0 Å². The van der Waals surface area contributed by atoms with E-state index in [4.69, 9.17) is 0 Å². The topological polar surface area (TPSA) is 90.0 Å². The van der Waals surface area contributed by atoms with Gasteiger partial charge >= 0.3 is 11.8 Å². The maximum absolute atomic E-state index is 12.6. The summed E-state index contributed by atoms with van der Waals surface area (Å²) in [5.74, 6) is -1.11. The summed E-state index contributed by atoms with van der Waals surface area (Å²) in [4.78, 5) is 39.7. The van der Waals surface area contributed by atoms with E-state index in [1.165, 1.54) is 4.90 Å². The average Bonchev–Trinajstić information content (AvgIpc) is 3.44. The molecule has 1 aliphatic carbocycles. The van der Waals surface area contributed by atoms with E-state index in [0.29, 0.717) is 26.2 Å². The number of phenols is 1. The van der Waals surface area contributed by atoms with Crippen molar-refractivity contribution in [3.63, 3.8) is 0 Å². The smallest absolute Gasteiger partial charge is 0.312 e. The van der Waals surface area contributed by atoms with Crippen molar-refractivity contribution >= 4 is 17.7 Å². The first-order valence-electron chi connectivity index (χ1n) is 9.08. The average molecular weight is 359 g/mol. The lowest BCUT2D eigenvalue weighted by atomic mass is 10.0. The Morgan fingerprint density at radius 1 is 1.08 bits per heavy atom. The summed E-state index contributed by atoms with van der Waals surface area (Å²) in [5, 5.41) is 12.9. The van der Waals surface area contributed by atoms with Crippen LogP contribution < -0.4 is 5.32 Å². The third-order valence-electron chi connectivity index (χ3n) is 4.88. The van der Waals surface area contributed by atoms with E-state index >= 15 is 0 Å². The largest absolute Gasteiger partial charge is 0.507 e. The molecule has 2 fully saturated rings. The summed E-state index contributed by atoms with van der Waals surface area (Å²) in [6.07, 6.45) is 1.86. The minimum atomic E-state index is -0.561. The van der Waals surface area contributed by atoms with Crippen LogP contribution in [0.2, 0.25) is 0 Å². The second kappa shape index (κ2) is 7.35. The molecule has 1 aromatic rings. The van der Waals surface area contributed by atoms with Crippen LogP contribution in [0.15, 0.2) is 18.2 Å². The normalized spacial score (nSPS) is 17.3. The fourth-order valence-electron chi connectivity index (χ4n) is 2.99. The van der Waals surface area contributed by atoms with Crippen LogP contribution >= 0.6 is 0 Å². The molecule has 0 unspecified atom stereocenters. The summed E-state index contributed by atoms with van der Waals surface area (Å²) in [6.45, 7) is 5.35. The van der Waals surface area contributed by atoms with Crippen molar-refractivity contribution in [1.82, 2.24) is 15.1 Å². The summed E-state index contributed by atoms with van der Waals surface area (Å²) >= 11 is 0. The van der Waals surface area contributed by atoms with Crippen LogP contribution in [-0.2, 0) is 9.59 Å². The molecule has 140 valence electrons. The Morgan fingerprint density at radius 2 is 1.69 bits per heavy atom. The van der Waals surface area contributed by atoms with Crippen molar-refractivity contribution in [2.45, 2.75) is 38.6 Å². The molecule has 7 nitrogen and oxygen atoms in total. The summed E-state index contributed by atoms with van der Waals surface area (Å²) in [6, 6.07) is 5.26. The van der Waals surface area contributed by atoms with Gasteiger partial charge in [-0.25, -0.2) is 0 Å².